The number of aliphatic imine (C=N–C) groups is 1. The molecule has 13 heavy (non-hydrogen) atoms. The lowest BCUT2D eigenvalue weighted by molar-refractivity contribution is -0.135. The fourth-order valence-electron chi connectivity index (χ4n) is 0.767. The maximum absolute atomic E-state index is 10.2. The van der Waals surface area contributed by atoms with Crippen molar-refractivity contribution in [3.8, 4) is 0 Å². The van der Waals surface area contributed by atoms with Crippen molar-refractivity contribution in [2.45, 2.75) is 0 Å². The molecule has 5 heteroatoms. The van der Waals surface area contributed by atoms with Crippen molar-refractivity contribution < 1.29 is 9.90 Å². The molecule has 1 rings (SSSR count). The van der Waals surface area contributed by atoms with Crippen LogP contribution < -0.4 is 5.73 Å². The normalized spacial score (nSPS) is 11.2. The molecule has 0 atom stereocenters. The van der Waals surface area contributed by atoms with Gasteiger partial charge in [-0.2, -0.15) is 0 Å². The molecule has 68 valence electrons. The van der Waals surface area contributed by atoms with E-state index >= 15 is 0 Å². The number of pyridine rings is 1. The van der Waals surface area contributed by atoms with Gasteiger partial charge in [0.15, 0.2) is 0 Å². The fourth-order valence-corrected chi connectivity index (χ4v) is 0.767. The topological polar surface area (TPSA) is 88.6 Å². The molecule has 0 aromatic carbocycles. The van der Waals surface area contributed by atoms with E-state index in [-0.39, 0.29) is 12.4 Å². The average Bonchev–Trinajstić information content (AvgIpc) is 2.15. The van der Waals surface area contributed by atoms with Gasteiger partial charge in [-0.1, -0.05) is 0 Å². The zero-order valence-corrected chi connectivity index (χ0v) is 6.84. The van der Waals surface area contributed by atoms with E-state index in [2.05, 4.69) is 9.98 Å². The number of hydrogen-bond donors (Lipinski definition) is 2. The lowest BCUT2D eigenvalue weighted by Crippen LogP contribution is -2.15. The second kappa shape index (κ2) is 4.20. The fraction of sp³-hybridized carbons (Fsp3) is 0.125. The van der Waals surface area contributed by atoms with Gasteiger partial charge >= 0.3 is 5.97 Å². The highest BCUT2D eigenvalue weighted by Crippen LogP contribution is 1.94. The van der Waals surface area contributed by atoms with Crippen molar-refractivity contribution in [3.05, 3.63) is 30.1 Å². The van der Waals surface area contributed by atoms with Gasteiger partial charge in [0.25, 0.3) is 0 Å². The summed E-state index contributed by atoms with van der Waals surface area (Å²) in [6.07, 6.45) is 3.14. The quantitative estimate of drug-likeness (QED) is 0.499. The number of rotatable bonds is 3. The number of aromatic nitrogens is 1. The van der Waals surface area contributed by atoms with Crippen molar-refractivity contribution in [2.75, 3.05) is 6.54 Å². The number of aliphatic carboxylic acids is 1. The van der Waals surface area contributed by atoms with E-state index in [1.165, 1.54) is 0 Å². The molecule has 1 heterocycles. The molecular weight excluding hydrogens is 170 g/mol. The van der Waals surface area contributed by atoms with Gasteiger partial charge < -0.3 is 10.8 Å². The predicted molar refractivity (Wildman–Crippen MR) is 47.5 cm³/mol. The van der Waals surface area contributed by atoms with Gasteiger partial charge in [0, 0.05) is 18.0 Å². The molecule has 0 unspecified atom stereocenters. The molecule has 1 aromatic rings. The van der Waals surface area contributed by atoms with Gasteiger partial charge in [-0.25, -0.2) is 0 Å². The molecular formula is C8H9N3O2. The number of amidine groups is 1. The summed E-state index contributed by atoms with van der Waals surface area (Å²) >= 11 is 0. The van der Waals surface area contributed by atoms with Crippen molar-refractivity contribution in [3.63, 3.8) is 0 Å². The van der Waals surface area contributed by atoms with Crippen LogP contribution in [0.15, 0.2) is 29.5 Å². The lowest BCUT2D eigenvalue weighted by atomic mass is 10.2. The van der Waals surface area contributed by atoms with Crippen molar-refractivity contribution in [1.29, 1.82) is 0 Å². The summed E-state index contributed by atoms with van der Waals surface area (Å²) in [5, 5.41) is 8.33. The number of hydrogen-bond acceptors (Lipinski definition) is 3. The summed E-state index contributed by atoms with van der Waals surface area (Å²) in [7, 11) is 0. The summed E-state index contributed by atoms with van der Waals surface area (Å²) in [6, 6.07) is 3.33. The molecule has 5 nitrogen and oxygen atoms in total. The number of nitrogens with zero attached hydrogens (tertiary/aromatic N) is 2. The summed E-state index contributed by atoms with van der Waals surface area (Å²) in [5.74, 6) is -0.790. The van der Waals surface area contributed by atoms with Crippen LogP contribution >= 0.6 is 0 Å². The third-order valence-corrected chi connectivity index (χ3v) is 1.36. The Morgan fingerprint density at radius 2 is 2.15 bits per heavy atom. The van der Waals surface area contributed by atoms with Gasteiger partial charge in [-0.15, -0.1) is 0 Å². The lowest BCUT2D eigenvalue weighted by Gasteiger charge is -1.97. The van der Waals surface area contributed by atoms with E-state index in [1.807, 2.05) is 0 Å². The van der Waals surface area contributed by atoms with E-state index < -0.39 is 5.97 Å². The SMILES string of the molecule is NC(=NCC(=O)O)c1ccncc1. The van der Waals surface area contributed by atoms with E-state index in [0.717, 1.165) is 0 Å². The highest BCUT2D eigenvalue weighted by Gasteiger charge is 1.98. The Morgan fingerprint density at radius 3 is 2.69 bits per heavy atom. The first-order chi connectivity index (χ1) is 6.20. The first-order valence-corrected chi connectivity index (χ1v) is 3.62. The number of nitrogens with two attached hydrogens (primary N) is 1. The third kappa shape index (κ3) is 2.90. The minimum absolute atomic E-state index is 0.213. The van der Waals surface area contributed by atoms with Crippen LogP contribution in [0.4, 0.5) is 0 Å². The Hall–Kier alpha value is -1.91. The largest absolute Gasteiger partial charge is 0.480 e. The number of carboxylic acids is 1. The molecule has 0 aliphatic heterocycles. The van der Waals surface area contributed by atoms with Gasteiger partial charge in [0.05, 0.1) is 0 Å². The molecule has 3 N–H and O–H groups in total. The van der Waals surface area contributed by atoms with Gasteiger partial charge in [-0.05, 0) is 12.1 Å². The van der Waals surface area contributed by atoms with Gasteiger partial charge in [0.1, 0.15) is 12.4 Å². The summed E-state index contributed by atoms with van der Waals surface area (Å²) < 4.78 is 0. The second-order valence-electron chi connectivity index (χ2n) is 2.33. The highest BCUT2D eigenvalue weighted by molar-refractivity contribution is 5.98. The van der Waals surface area contributed by atoms with Gasteiger partial charge in [0.2, 0.25) is 0 Å². The Morgan fingerprint density at radius 1 is 1.54 bits per heavy atom. The molecule has 0 fully saturated rings. The monoisotopic (exact) mass is 179 g/mol. The number of carboxylic acid groups (broad SMARTS) is 1. The molecule has 0 aliphatic rings. The smallest absolute Gasteiger partial charge is 0.325 e. The van der Waals surface area contributed by atoms with Crippen molar-refractivity contribution in [2.24, 2.45) is 10.7 Å². The van der Waals surface area contributed by atoms with Crippen molar-refractivity contribution in [1.82, 2.24) is 4.98 Å². The van der Waals surface area contributed by atoms with Crippen LogP contribution in [0.1, 0.15) is 5.56 Å². The molecule has 1 aromatic heterocycles. The molecule has 0 bridgehead atoms. The van der Waals surface area contributed by atoms with Crippen LogP contribution in [0.25, 0.3) is 0 Å². The molecule has 0 amide bonds. The van der Waals surface area contributed by atoms with E-state index in [1.54, 1.807) is 24.5 Å². The minimum atomic E-state index is -1.00. The molecule has 0 aliphatic carbocycles. The second-order valence-corrected chi connectivity index (χ2v) is 2.33. The zero-order chi connectivity index (χ0) is 9.68. The Kier molecular flexibility index (Phi) is 2.97. The Balaban J connectivity index is 2.73. The zero-order valence-electron chi connectivity index (χ0n) is 6.84. The van der Waals surface area contributed by atoms with Crippen LogP contribution in [0.3, 0.4) is 0 Å². The summed E-state index contributed by atoms with van der Waals surface area (Å²) in [4.78, 5) is 17.6. The van der Waals surface area contributed by atoms with Crippen LogP contribution in [0.2, 0.25) is 0 Å². The van der Waals surface area contributed by atoms with E-state index in [4.69, 9.17) is 10.8 Å². The van der Waals surface area contributed by atoms with Crippen LogP contribution in [-0.4, -0.2) is 28.4 Å². The van der Waals surface area contributed by atoms with Gasteiger partial charge in [-0.3, -0.25) is 14.8 Å². The third-order valence-electron chi connectivity index (χ3n) is 1.36. The van der Waals surface area contributed by atoms with Crippen LogP contribution in [0, 0.1) is 0 Å². The molecule has 0 radical (unpaired) electrons. The Labute approximate surface area is 74.9 Å². The average molecular weight is 179 g/mol. The first-order valence-electron chi connectivity index (χ1n) is 3.62. The van der Waals surface area contributed by atoms with E-state index in [9.17, 15) is 4.79 Å². The maximum atomic E-state index is 10.2. The summed E-state index contributed by atoms with van der Waals surface area (Å²) in [5.41, 5.74) is 6.18. The first kappa shape index (κ1) is 9.18. The minimum Gasteiger partial charge on any atom is -0.480 e. The summed E-state index contributed by atoms with van der Waals surface area (Å²) in [6.45, 7) is -0.311. The van der Waals surface area contributed by atoms with E-state index in [0.29, 0.717) is 5.56 Å². The predicted octanol–water partition coefficient (Wildman–Crippen LogP) is -0.129. The maximum Gasteiger partial charge on any atom is 0.325 e. The van der Waals surface area contributed by atoms with Crippen LogP contribution in [-0.2, 0) is 4.79 Å². The molecule has 0 spiro atoms. The van der Waals surface area contributed by atoms with Crippen molar-refractivity contribution >= 4 is 11.8 Å². The molecule has 0 saturated heterocycles. The van der Waals surface area contributed by atoms with Crippen LogP contribution in [0.5, 0.6) is 0 Å². The molecule has 0 saturated carbocycles. The highest BCUT2D eigenvalue weighted by atomic mass is 16.4. The standard InChI is InChI=1S/C8H9N3O2/c9-8(11-5-7(12)13)6-1-3-10-4-2-6/h1-4H,5H2,(H2,9,11)(H,12,13). The number of carbonyl (C=O) groups is 1. The Bertz CT molecular complexity index is 321.